The Hall–Kier alpha value is -2.34. The summed E-state index contributed by atoms with van der Waals surface area (Å²) < 4.78 is 0. The van der Waals surface area contributed by atoms with Gasteiger partial charge in [-0.15, -0.1) is 11.3 Å². The van der Waals surface area contributed by atoms with Crippen molar-refractivity contribution >= 4 is 34.5 Å². The number of carbonyl (C=O) groups is 2. The monoisotopic (exact) mass is 329 g/mol. The van der Waals surface area contributed by atoms with Gasteiger partial charge in [-0.1, -0.05) is 18.2 Å². The van der Waals surface area contributed by atoms with Crippen molar-refractivity contribution in [1.29, 1.82) is 0 Å². The number of hydrogen-bond donors (Lipinski definition) is 2. The van der Waals surface area contributed by atoms with Crippen LogP contribution >= 0.6 is 11.3 Å². The number of benzene rings is 1. The average molecular weight is 329 g/mol. The van der Waals surface area contributed by atoms with E-state index in [0.29, 0.717) is 12.1 Å². The van der Waals surface area contributed by atoms with Crippen molar-refractivity contribution in [3.63, 3.8) is 0 Å². The van der Waals surface area contributed by atoms with Crippen LogP contribution in [0.2, 0.25) is 0 Å². The van der Waals surface area contributed by atoms with Gasteiger partial charge in [-0.2, -0.15) is 0 Å². The Morgan fingerprint density at radius 3 is 2.70 bits per heavy atom. The molecule has 1 aromatic heterocycles. The lowest BCUT2D eigenvalue weighted by atomic mass is 10.2. The van der Waals surface area contributed by atoms with Gasteiger partial charge in [-0.25, -0.2) is 0 Å². The molecule has 23 heavy (non-hydrogen) atoms. The molecule has 1 saturated heterocycles. The highest BCUT2D eigenvalue weighted by atomic mass is 32.1. The summed E-state index contributed by atoms with van der Waals surface area (Å²) in [6, 6.07) is 11.1. The van der Waals surface area contributed by atoms with Crippen LogP contribution in [-0.4, -0.2) is 36.3 Å². The molecule has 1 aliphatic heterocycles. The van der Waals surface area contributed by atoms with E-state index in [0.717, 1.165) is 23.5 Å². The maximum atomic E-state index is 12.2. The van der Waals surface area contributed by atoms with Crippen molar-refractivity contribution in [2.75, 3.05) is 24.2 Å². The fourth-order valence-corrected chi connectivity index (χ4v) is 3.33. The molecule has 1 fully saturated rings. The van der Waals surface area contributed by atoms with Gasteiger partial charge in [0.25, 0.3) is 0 Å². The lowest BCUT2D eigenvalue weighted by Gasteiger charge is -2.17. The molecule has 0 spiro atoms. The lowest BCUT2D eigenvalue weighted by Crippen LogP contribution is -2.31. The van der Waals surface area contributed by atoms with Gasteiger partial charge in [0.2, 0.25) is 11.8 Å². The van der Waals surface area contributed by atoms with E-state index in [4.69, 9.17) is 0 Å². The molecule has 2 aromatic rings. The minimum atomic E-state index is -0.227. The van der Waals surface area contributed by atoms with E-state index in [1.807, 2.05) is 41.8 Å². The zero-order chi connectivity index (χ0) is 16.2. The first kappa shape index (κ1) is 15.6. The third kappa shape index (κ3) is 3.71. The summed E-state index contributed by atoms with van der Waals surface area (Å²) in [5.41, 5.74) is 1.48. The Bertz CT molecular complexity index is 700. The summed E-state index contributed by atoms with van der Waals surface area (Å²) in [5, 5.41) is 8.14. The zero-order valence-electron chi connectivity index (χ0n) is 12.9. The Morgan fingerprint density at radius 1 is 1.26 bits per heavy atom. The number of carbonyl (C=O) groups excluding carboxylic acids is 2. The molecule has 0 radical (unpaired) electrons. The van der Waals surface area contributed by atoms with Crippen LogP contribution in [0.1, 0.15) is 11.3 Å². The molecule has 1 atom stereocenters. The van der Waals surface area contributed by atoms with Crippen molar-refractivity contribution in [1.82, 2.24) is 4.90 Å². The first-order chi connectivity index (χ1) is 11.1. The van der Waals surface area contributed by atoms with Crippen molar-refractivity contribution in [2.24, 2.45) is 0 Å². The Kier molecular flexibility index (Phi) is 4.62. The number of para-hydroxylation sites is 2. The summed E-state index contributed by atoms with van der Waals surface area (Å²) in [6.45, 7) is 0.753. The number of nitrogens with zero attached hydrogens (tertiary/aromatic N) is 1. The van der Waals surface area contributed by atoms with Crippen LogP contribution in [0.15, 0.2) is 41.8 Å². The second kappa shape index (κ2) is 6.83. The van der Waals surface area contributed by atoms with Gasteiger partial charge in [-0.05, 0) is 30.0 Å². The zero-order valence-corrected chi connectivity index (χ0v) is 13.7. The topological polar surface area (TPSA) is 61.4 Å². The van der Waals surface area contributed by atoms with E-state index in [2.05, 4.69) is 10.6 Å². The normalized spacial score (nSPS) is 17.3. The van der Waals surface area contributed by atoms with E-state index >= 15 is 0 Å². The standard InChI is InChI=1S/C17H19N3O2S/c1-20-9-8-15(17(20)22)18-13-6-2-3-7-14(13)19-16(21)11-12-5-4-10-23-12/h2-7,10,15,18H,8-9,11H2,1H3,(H,19,21)/t15-/m0/s1. The summed E-state index contributed by atoms with van der Waals surface area (Å²) >= 11 is 1.57. The predicted molar refractivity (Wildman–Crippen MR) is 92.8 cm³/mol. The highest BCUT2D eigenvalue weighted by molar-refractivity contribution is 7.10. The Morgan fingerprint density at radius 2 is 2.04 bits per heavy atom. The highest BCUT2D eigenvalue weighted by Gasteiger charge is 2.29. The largest absolute Gasteiger partial charge is 0.372 e. The van der Waals surface area contributed by atoms with Crippen LogP contribution in [0.3, 0.4) is 0 Å². The molecule has 2 amide bonds. The number of hydrogen-bond acceptors (Lipinski definition) is 4. The number of anilines is 2. The molecule has 0 saturated carbocycles. The summed E-state index contributed by atoms with van der Waals surface area (Å²) in [6.07, 6.45) is 1.13. The number of rotatable bonds is 5. The van der Waals surface area contributed by atoms with Crippen LogP contribution < -0.4 is 10.6 Å². The molecule has 120 valence electrons. The highest BCUT2D eigenvalue weighted by Crippen LogP contribution is 2.24. The van der Waals surface area contributed by atoms with Crippen molar-refractivity contribution in [3.05, 3.63) is 46.7 Å². The number of likely N-dealkylation sites (tertiary alicyclic amines) is 1. The van der Waals surface area contributed by atoms with E-state index in [1.165, 1.54) is 0 Å². The summed E-state index contributed by atoms with van der Waals surface area (Å²) in [4.78, 5) is 27.0. The van der Waals surface area contributed by atoms with E-state index in [9.17, 15) is 9.59 Å². The van der Waals surface area contributed by atoms with Crippen molar-refractivity contribution < 1.29 is 9.59 Å². The van der Waals surface area contributed by atoms with E-state index in [-0.39, 0.29) is 17.9 Å². The third-order valence-electron chi connectivity index (χ3n) is 3.87. The summed E-state index contributed by atoms with van der Waals surface area (Å²) in [5.74, 6) is 0.0290. The van der Waals surface area contributed by atoms with Crippen LogP contribution in [0.25, 0.3) is 0 Å². The van der Waals surface area contributed by atoms with Gasteiger partial charge in [0.1, 0.15) is 6.04 Å². The smallest absolute Gasteiger partial charge is 0.244 e. The fraction of sp³-hybridized carbons (Fsp3) is 0.294. The van der Waals surface area contributed by atoms with Gasteiger partial charge in [-0.3, -0.25) is 9.59 Å². The number of amides is 2. The molecule has 0 bridgehead atoms. The Labute approximate surface area is 139 Å². The maximum absolute atomic E-state index is 12.2. The molecule has 0 aliphatic carbocycles. The molecule has 1 aromatic carbocycles. The summed E-state index contributed by atoms with van der Waals surface area (Å²) in [7, 11) is 1.80. The third-order valence-corrected chi connectivity index (χ3v) is 4.75. The number of nitrogens with one attached hydrogen (secondary N) is 2. The Balaban J connectivity index is 1.68. The molecule has 2 heterocycles. The number of thiophene rings is 1. The second-order valence-electron chi connectivity index (χ2n) is 5.60. The van der Waals surface area contributed by atoms with E-state index in [1.54, 1.807) is 23.3 Å². The lowest BCUT2D eigenvalue weighted by molar-refractivity contribution is -0.127. The van der Waals surface area contributed by atoms with Crippen LogP contribution in [0, 0.1) is 0 Å². The molecular weight excluding hydrogens is 310 g/mol. The predicted octanol–water partition coefficient (Wildman–Crippen LogP) is 2.57. The molecular formula is C17H19N3O2S. The van der Waals surface area contributed by atoms with Crippen LogP contribution in [-0.2, 0) is 16.0 Å². The minimum Gasteiger partial charge on any atom is -0.372 e. The molecule has 6 heteroatoms. The maximum Gasteiger partial charge on any atom is 0.244 e. The average Bonchev–Trinajstić information content (AvgIpc) is 3.14. The van der Waals surface area contributed by atoms with Crippen molar-refractivity contribution in [3.8, 4) is 0 Å². The minimum absolute atomic E-state index is 0.0587. The molecule has 2 N–H and O–H groups in total. The van der Waals surface area contributed by atoms with Crippen LogP contribution in [0.4, 0.5) is 11.4 Å². The molecule has 1 aliphatic rings. The molecule has 0 unspecified atom stereocenters. The van der Waals surface area contributed by atoms with Crippen LogP contribution in [0.5, 0.6) is 0 Å². The first-order valence-corrected chi connectivity index (χ1v) is 8.44. The van der Waals surface area contributed by atoms with Gasteiger partial charge in [0, 0.05) is 18.5 Å². The van der Waals surface area contributed by atoms with E-state index < -0.39 is 0 Å². The molecule has 3 rings (SSSR count). The SMILES string of the molecule is CN1CC[C@H](Nc2ccccc2NC(=O)Cc2cccs2)C1=O. The van der Waals surface area contributed by atoms with Gasteiger partial charge >= 0.3 is 0 Å². The fourth-order valence-electron chi connectivity index (χ4n) is 2.63. The molecule has 5 nitrogen and oxygen atoms in total. The first-order valence-electron chi connectivity index (χ1n) is 7.56. The van der Waals surface area contributed by atoms with Gasteiger partial charge in [0.05, 0.1) is 17.8 Å². The van der Waals surface area contributed by atoms with Crippen molar-refractivity contribution in [2.45, 2.75) is 18.9 Å². The van der Waals surface area contributed by atoms with Gasteiger partial charge < -0.3 is 15.5 Å². The second-order valence-corrected chi connectivity index (χ2v) is 6.63. The van der Waals surface area contributed by atoms with Gasteiger partial charge in [0.15, 0.2) is 0 Å². The quantitative estimate of drug-likeness (QED) is 0.886. The number of likely N-dealkylation sites (N-methyl/N-ethyl adjacent to an activating group) is 1.